The van der Waals surface area contributed by atoms with Crippen molar-refractivity contribution in [3.8, 4) is 6.07 Å². The van der Waals surface area contributed by atoms with Gasteiger partial charge < -0.3 is 10.0 Å². The smallest absolute Gasteiger partial charge is 0.243 e. The summed E-state index contributed by atoms with van der Waals surface area (Å²) in [4.78, 5) is 2.30. The molecule has 1 aliphatic heterocycles. The van der Waals surface area contributed by atoms with E-state index in [1.165, 1.54) is 4.31 Å². The number of hydrogen-bond acceptors (Lipinski definition) is 5. The number of rotatable bonds is 4. The minimum atomic E-state index is -3.63. The Morgan fingerprint density at radius 3 is 2.37 bits per heavy atom. The maximum atomic E-state index is 13.1. The predicted octanol–water partition coefficient (Wildman–Crippen LogP) is 2.18. The van der Waals surface area contributed by atoms with E-state index < -0.39 is 10.0 Å². The zero-order valence-corrected chi connectivity index (χ0v) is 16.3. The lowest BCUT2D eigenvalue weighted by Crippen LogP contribution is -2.49. The van der Waals surface area contributed by atoms with Crippen molar-refractivity contribution in [3.05, 3.63) is 58.7 Å². The lowest BCUT2D eigenvalue weighted by Gasteiger charge is -2.36. The molecular weight excluding hydrogens is 362 g/mol. The average Bonchev–Trinajstić information content (AvgIpc) is 2.68. The first-order valence-corrected chi connectivity index (χ1v) is 10.3. The van der Waals surface area contributed by atoms with Crippen LogP contribution in [-0.4, -0.2) is 44.0 Å². The molecule has 0 bridgehead atoms. The van der Waals surface area contributed by atoms with Crippen LogP contribution in [0.1, 0.15) is 22.3 Å². The molecule has 1 fully saturated rings. The SMILES string of the molecule is Cc1cc(C)c(S(=O)(=O)N2CCN(c3ccccc3C#N)CC2)cc1CO. The lowest BCUT2D eigenvalue weighted by atomic mass is 10.1. The molecule has 0 radical (unpaired) electrons. The molecule has 7 heteroatoms. The van der Waals surface area contributed by atoms with Crippen LogP contribution in [0.15, 0.2) is 41.3 Å². The molecule has 0 atom stereocenters. The summed E-state index contributed by atoms with van der Waals surface area (Å²) in [7, 11) is -3.63. The predicted molar refractivity (Wildman–Crippen MR) is 104 cm³/mol. The minimum Gasteiger partial charge on any atom is -0.392 e. The van der Waals surface area contributed by atoms with E-state index in [1.54, 1.807) is 25.1 Å². The largest absolute Gasteiger partial charge is 0.392 e. The van der Waals surface area contributed by atoms with Crippen LogP contribution in [-0.2, 0) is 16.6 Å². The van der Waals surface area contributed by atoms with Crippen molar-refractivity contribution in [1.29, 1.82) is 5.26 Å². The van der Waals surface area contributed by atoms with Crippen molar-refractivity contribution in [2.24, 2.45) is 0 Å². The summed E-state index contributed by atoms with van der Waals surface area (Å²) in [5.74, 6) is 0. The van der Waals surface area contributed by atoms with Crippen LogP contribution in [0.4, 0.5) is 5.69 Å². The fourth-order valence-electron chi connectivity index (χ4n) is 3.48. The number of para-hydroxylation sites is 1. The normalized spacial score (nSPS) is 15.6. The first-order chi connectivity index (χ1) is 12.9. The van der Waals surface area contributed by atoms with Crippen molar-refractivity contribution in [3.63, 3.8) is 0 Å². The molecular formula is C20H23N3O3S. The number of nitriles is 1. The second-order valence-corrected chi connectivity index (χ2v) is 8.63. The van der Waals surface area contributed by atoms with Crippen LogP contribution in [0, 0.1) is 25.2 Å². The van der Waals surface area contributed by atoms with Crippen LogP contribution in [0.2, 0.25) is 0 Å². The van der Waals surface area contributed by atoms with Gasteiger partial charge in [-0.05, 0) is 48.7 Å². The zero-order valence-electron chi connectivity index (χ0n) is 15.5. The molecule has 27 heavy (non-hydrogen) atoms. The van der Waals surface area contributed by atoms with E-state index in [0.717, 1.165) is 11.3 Å². The molecule has 0 spiro atoms. The first kappa shape index (κ1) is 19.4. The first-order valence-electron chi connectivity index (χ1n) is 8.83. The molecule has 1 saturated heterocycles. The third-order valence-corrected chi connectivity index (χ3v) is 7.07. The fraction of sp³-hybridized carbons (Fsp3) is 0.350. The number of aryl methyl sites for hydroxylation is 2. The highest BCUT2D eigenvalue weighted by Crippen LogP contribution is 2.27. The summed E-state index contributed by atoms with van der Waals surface area (Å²) in [5, 5.41) is 18.8. The van der Waals surface area contributed by atoms with Crippen molar-refractivity contribution in [1.82, 2.24) is 4.31 Å². The van der Waals surface area contributed by atoms with Gasteiger partial charge in [-0.2, -0.15) is 9.57 Å². The number of hydrogen-bond donors (Lipinski definition) is 1. The van der Waals surface area contributed by atoms with Crippen molar-refractivity contribution in [2.75, 3.05) is 31.1 Å². The van der Waals surface area contributed by atoms with E-state index in [1.807, 2.05) is 30.0 Å². The van der Waals surface area contributed by atoms with E-state index in [4.69, 9.17) is 0 Å². The number of aliphatic hydroxyl groups excluding tert-OH is 1. The average molecular weight is 385 g/mol. The highest BCUT2D eigenvalue weighted by atomic mass is 32.2. The van der Waals surface area contributed by atoms with E-state index in [0.29, 0.717) is 42.9 Å². The standard InChI is InChI=1S/C20H23N3O3S/c1-15-11-16(2)20(12-18(15)14-24)27(25,26)23-9-7-22(8-10-23)19-6-4-3-5-17(19)13-21/h3-6,11-12,24H,7-10,14H2,1-2H3. The number of sulfonamides is 1. The second kappa shape index (κ2) is 7.69. The topological polar surface area (TPSA) is 84.6 Å². The Hall–Kier alpha value is -2.40. The molecule has 0 aromatic heterocycles. The zero-order chi connectivity index (χ0) is 19.6. The molecule has 2 aromatic carbocycles. The van der Waals surface area contributed by atoms with Crippen LogP contribution in [0.5, 0.6) is 0 Å². The molecule has 3 rings (SSSR count). The van der Waals surface area contributed by atoms with Gasteiger partial charge in [-0.15, -0.1) is 0 Å². The number of benzene rings is 2. The van der Waals surface area contributed by atoms with Gasteiger partial charge in [0.05, 0.1) is 22.8 Å². The Bertz CT molecular complexity index is 988. The maximum absolute atomic E-state index is 13.1. The Morgan fingerprint density at radius 1 is 1.07 bits per heavy atom. The van der Waals surface area contributed by atoms with Gasteiger partial charge in [-0.1, -0.05) is 18.2 Å². The summed E-state index contributed by atoms with van der Waals surface area (Å²) >= 11 is 0. The molecule has 0 amide bonds. The monoisotopic (exact) mass is 385 g/mol. The molecule has 1 N–H and O–H groups in total. The molecule has 0 saturated carbocycles. The van der Waals surface area contributed by atoms with Gasteiger partial charge in [-0.25, -0.2) is 8.42 Å². The molecule has 142 valence electrons. The molecule has 6 nitrogen and oxygen atoms in total. The van der Waals surface area contributed by atoms with Crippen molar-refractivity contribution >= 4 is 15.7 Å². The molecule has 0 aliphatic carbocycles. The Morgan fingerprint density at radius 2 is 1.74 bits per heavy atom. The summed E-state index contributed by atoms with van der Waals surface area (Å²) in [5.41, 5.74) is 3.62. The van der Waals surface area contributed by atoms with Gasteiger partial charge in [0.2, 0.25) is 10.0 Å². The number of piperazine rings is 1. The molecule has 1 heterocycles. The van der Waals surface area contributed by atoms with Gasteiger partial charge in [0.1, 0.15) is 6.07 Å². The summed E-state index contributed by atoms with van der Waals surface area (Å²) < 4.78 is 27.7. The fourth-order valence-corrected chi connectivity index (χ4v) is 5.15. The third kappa shape index (κ3) is 3.69. The molecule has 2 aromatic rings. The van der Waals surface area contributed by atoms with E-state index in [2.05, 4.69) is 6.07 Å². The highest BCUT2D eigenvalue weighted by Gasteiger charge is 2.30. The van der Waals surface area contributed by atoms with E-state index in [9.17, 15) is 18.8 Å². The second-order valence-electron chi connectivity index (χ2n) is 6.72. The Labute approximate surface area is 160 Å². The van der Waals surface area contributed by atoms with E-state index >= 15 is 0 Å². The summed E-state index contributed by atoms with van der Waals surface area (Å²) in [6.45, 7) is 5.20. The number of anilines is 1. The van der Waals surface area contributed by atoms with Crippen LogP contribution in [0.3, 0.4) is 0 Å². The lowest BCUT2D eigenvalue weighted by molar-refractivity contribution is 0.280. The Kier molecular flexibility index (Phi) is 5.51. The van der Waals surface area contributed by atoms with Crippen LogP contribution < -0.4 is 4.90 Å². The minimum absolute atomic E-state index is 0.187. The van der Waals surface area contributed by atoms with Crippen LogP contribution in [0.25, 0.3) is 0 Å². The van der Waals surface area contributed by atoms with E-state index in [-0.39, 0.29) is 11.5 Å². The summed E-state index contributed by atoms with van der Waals surface area (Å²) in [6, 6.07) is 12.9. The maximum Gasteiger partial charge on any atom is 0.243 e. The highest BCUT2D eigenvalue weighted by molar-refractivity contribution is 7.89. The Balaban J connectivity index is 1.83. The van der Waals surface area contributed by atoms with Crippen LogP contribution >= 0.6 is 0 Å². The van der Waals surface area contributed by atoms with Crippen molar-refractivity contribution in [2.45, 2.75) is 25.3 Å². The molecule has 0 unspecified atom stereocenters. The van der Waals surface area contributed by atoms with Crippen molar-refractivity contribution < 1.29 is 13.5 Å². The number of aliphatic hydroxyl groups is 1. The third-order valence-electron chi connectivity index (χ3n) is 5.03. The van der Waals surface area contributed by atoms with Gasteiger partial charge >= 0.3 is 0 Å². The van der Waals surface area contributed by atoms with Gasteiger partial charge in [0, 0.05) is 26.2 Å². The number of nitrogens with zero attached hydrogens (tertiary/aromatic N) is 3. The quantitative estimate of drug-likeness (QED) is 0.872. The van der Waals surface area contributed by atoms with Gasteiger partial charge in [0.15, 0.2) is 0 Å². The van der Waals surface area contributed by atoms with Gasteiger partial charge in [-0.3, -0.25) is 0 Å². The summed E-state index contributed by atoms with van der Waals surface area (Å²) in [6.07, 6.45) is 0. The molecule has 1 aliphatic rings. The van der Waals surface area contributed by atoms with Gasteiger partial charge in [0.25, 0.3) is 0 Å².